The Morgan fingerprint density at radius 2 is 1.57 bits per heavy atom. The fraction of sp³-hybridized carbons (Fsp3) is 0.400. The maximum atomic E-state index is 13.5. The third kappa shape index (κ3) is 6.20. The Kier molecular flexibility index (Phi) is 8.83. The van der Waals surface area contributed by atoms with Gasteiger partial charge in [-0.2, -0.15) is 11.8 Å². The van der Waals surface area contributed by atoms with Crippen LogP contribution >= 0.6 is 46.6 Å². The summed E-state index contributed by atoms with van der Waals surface area (Å²) in [6, 6.07) is 10.7. The highest BCUT2D eigenvalue weighted by Gasteiger charge is 2.31. The molecule has 0 saturated carbocycles. The van der Waals surface area contributed by atoms with Gasteiger partial charge in [-0.3, -0.25) is 4.31 Å². The summed E-state index contributed by atoms with van der Waals surface area (Å²) >= 11 is 20.3. The van der Waals surface area contributed by atoms with Crippen molar-refractivity contribution in [2.24, 2.45) is 0 Å². The summed E-state index contributed by atoms with van der Waals surface area (Å²) < 4.78 is 28.3. The van der Waals surface area contributed by atoms with E-state index in [2.05, 4.69) is 13.8 Å². The molecule has 0 radical (unpaired) electrons. The Morgan fingerprint density at radius 1 is 0.964 bits per heavy atom. The van der Waals surface area contributed by atoms with Crippen molar-refractivity contribution in [3.63, 3.8) is 0 Å². The molecule has 28 heavy (non-hydrogen) atoms. The average Bonchev–Trinajstić information content (AvgIpc) is 2.62. The Balaban J connectivity index is 2.41. The maximum absolute atomic E-state index is 13.5. The third-order valence-electron chi connectivity index (χ3n) is 4.13. The number of anilines is 1. The Morgan fingerprint density at radius 3 is 2.18 bits per heavy atom. The van der Waals surface area contributed by atoms with Gasteiger partial charge in [-0.25, -0.2) is 8.42 Å². The lowest BCUT2D eigenvalue weighted by molar-refractivity contribution is 0.570. The zero-order valence-corrected chi connectivity index (χ0v) is 19.9. The minimum atomic E-state index is -3.84. The smallest absolute Gasteiger partial charge is 0.262 e. The van der Waals surface area contributed by atoms with Gasteiger partial charge in [0.25, 0.3) is 10.0 Å². The number of thioether (sulfide) groups is 1. The minimum Gasteiger partial charge on any atom is -0.262 e. The lowest BCUT2D eigenvalue weighted by atomic mass is 10.2. The Labute approximate surface area is 187 Å². The molecule has 0 spiro atoms. The van der Waals surface area contributed by atoms with Gasteiger partial charge in [-0.15, -0.1) is 0 Å². The number of benzene rings is 2. The molecular weight excluding hydrogens is 457 g/mol. The highest BCUT2D eigenvalue weighted by atomic mass is 35.5. The van der Waals surface area contributed by atoms with Crippen LogP contribution in [-0.4, -0.2) is 25.5 Å². The van der Waals surface area contributed by atoms with Crippen molar-refractivity contribution in [3.8, 4) is 0 Å². The second-order valence-electron chi connectivity index (χ2n) is 6.76. The molecule has 1 atom stereocenters. The summed E-state index contributed by atoms with van der Waals surface area (Å²) in [7, 11) is -3.84. The van der Waals surface area contributed by atoms with Crippen molar-refractivity contribution in [1.82, 2.24) is 0 Å². The van der Waals surface area contributed by atoms with Gasteiger partial charge < -0.3 is 0 Å². The van der Waals surface area contributed by atoms with Crippen molar-refractivity contribution in [3.05, 3.63) is 57.5 Å². The van der Waals surface area contributed by atoms with E-state index in [1.54, 1.807) is 30.3 Å². The Bertz CT molecular complexity index is 887. The topological polar surface area (TPSA) is 37.4 Å². The number of hydrogen-bond donors (Lipinski definition) is 0. The maximum Gasteiger partial charge on any atom is 0.264 e. The minimum absolute atomic E-state index is 0.163. The molecule has 0 aliphatic heterocycles. The van der Waals surface area contributed by atoms with Gasteiger partial charge in [0, 0.05) is 16.1 Å². The molecule has 8 heteroatoms. The van der Waals surface area contributed by atoms with E-state index < -0.39 is 10.0 Å². The molecule has 1 unspecified atom stereocenters. The van der Waals surface area contributed by atoms with E-state index in [9.17, 15) is 8.42 Å². The first-order valence-electron chi connectivity index (χ1n) is 8.99. The summed E-state index contributed by atoms with van der Waals surface area (Å²) in [5.74, 6) is 0.972. The van der Waals surface area contributed by atoms with Gasteiger partial charge in [0.15, 0.2) is 0 Å². The van der Waals surface area contributed by atoms with E-state index in [1.807, 2.05) is 18.7 Å². The van der Waals surface area contributed by atoms with Crippen molar-refractivity contribution in [1.29, 1.82) is 0 Å². The standard InChI is InChI=1S/C20H24Cl3NO2S2/c1-14(2)27-12-4-5-15(3)24(20-13-17(22)8-11-19(20)23)28(25,26)18-9-6-16(21)7-10-18/h6-11,13-15H,4-5,12H2,1-3H3. The van der Waals surface area contributed by atoms with Crippen LogP contribution in [0.2, 0.25) is 15.1 Å². The van der Waals surface area contributed by atoms with Crippen molar-refractivity contribution in [2.45, 2.75) is 49.8 Å². The number of rotatable bonds is 9. The first kappa shape index (κ1) is 23.7. The van der Waals surface area contributed by atoms with E-state index in [1.165, 1.54) is 16.4 Å². The molecule has 0 bridgehead atoms. The van der Waals surface area contributed by atoms with Gasteiger partial charge >= 0.3 is 0 Å². The predicted octanol–water partition coefficient (Wildman–Crippen LogP) is 7.15. The van der Waals surface area contributed by atoms with Crippen molar-refractivity contribution in [2.75, 3.05) is 10.1 Å². The Hall–Kier alpha value is -0.590. The molecule has 0 amide bonds. The fourth-order valence-electron chi connectivity index (χ4n) is 2.79. The fourth-order valence-corrected chi connectivity index (χ4v) is 5.85. The van der Waals surface area contributed by atoms with Crippen LogP contribution in [0.4, 0.5) is 5.69 Å². The van der Waals surface area contributed by atoms with E-state index >= 15 is 0 Å². The van der Waals surface area contributed by atoms with Gasteiger partial charge in [0.05, 0.1) is 15.6 Å². The number of halogens is 3. The quantitative estimate of drug-likeness (QED) is 0.357. The van der Waals surface area contributed by atoms with Crippen molar-refractivity contribution >= 4 is 62.3 Å². The average molecular weight is 481 g/mol. The van der Waals surface area contributed by atoms with E-state index in [0.29, 0.717) is 32.4 Å². The zero-order valence-electron chi connectivity index (χ0n) is 16.0. The highest BCUT2D eigenvalue weighted by molar-refractivity contribution is 7.99. The first-order valence-corrected chi connectivity index (χ1v) is 12.6. The van der Waals surface area contributed by atoms with Crippen LogP contribution in [0.25, 0.3) is 0 Å². The largest absolute Gasteiger partial charge is 0.264 e. The van der Waals surface area contributed by atoms with Crippen LogP contribution < -0.4 is 4.31 Å². The van der Waals surface area contributed by atoms with Crippen LogP contribution in [0.3, 0.4) is 0 Å². The lowest BCUT2D eigenvalue weighted by Crippen LogP contribution is -2.39. The molecule has 2 aromatic rings. The molecule has 0 N–H and O–H groups in total. The number of hydrogen-bond acceptors (Lipinski definition) is 3. The van der Waals surface area contributed by atoms with Gasteiger partial charge in [0.1, 0.15) is 0 Å². The highest BCUT2D eigenvalue weighted by Crippen LogP contribution is 2.35. The SMILES string of the molecule is CC(C)SCCCC(C)N(c1cc(Cl)ccc1Cl)S(=O)(=O)c1ccc(Cl)cc1. The summed E-state index contributed by atoms with van der Waals surface area (Å²) in [6.07, 6.45) is 1.60. The molecule has 0 aromatic heterocycles. The molecule has 0 aliphatic carbocycles. The summed E-state index contributed by atoms with van der Waals surface area (Å²) in [5, 5.41) is 1.79. The molecule has 2 aromatic carbocycles. The van der Waals surface area contributed by atoms with Crippen LogP contribution in [0.5, 0.6) is 0 Å². The summed E-state index contributed by atoms with van der Waals surface area (Å²) in [4.78, 5) is 0.163. The van der Waals surface area contributed by atoms with Crippen LogP contribution in [0.15, 0.2) is 47.4 Å². The molecule has 3 nitrogen and oxygen atoms in total. The molecule has 0 saturated heterocycles. The molecule has 0 aliphatic rings. The predicted molar refractivity (Wildman–Crippen MR) is 124 cm³/mol. The second kappa shape index (κ2) is 10.4. The zero-order chi connectivity index (χ0) is 20.9. The first-order chi connectivity index (χ1) is 13.1. The summed E-state index contributed by atoms with van der Waals surface area (Å²) in [5.41, 5.74) is 0.383. The van der Waals surface area contributed by atoms with Gasteiger partial charge in [-0.05, 0) is 73.2 Å². The van der Waals surface area contributed by atoms with E-state index in [4.69, 9.17) is 34.8 Å². The summed E-state index contributed by atoms with van der Waals surface area (Å²) in [6.45, 7) is 6.19. The second-order valence-corrected chi connectivity index (χ2v) is 11.5. The molecule has 0 heterocycles. The number of nitrogens with zero attached hydrogens (tertiary/aromatic N) is 1. The lowest BCUT2D eigenvalue weighted by Gasteiger charge is -2.31. The van der Waals surface area contributed by atoms with Gasteiger partial charge in [-0.1, -0.05) is 48.7 Å². The molecule has 2 rings (SSSR count). The molecular formula is C20H24Cl3NO2S2. The van der Waals surface area contributed by atoms with E-state index in [0.717, 1.165) is 12.2 Å². The molecule has 0 fully saturated rings. The van der Waals surface area contributed by atoms with Crippen LogP contribution in [0.1, 0.15) is 33.6 Å². The van der Waals surface area contributed by atoms with Gasteiger partial charge in [0.2, 0.25) is 0 Å². The van der Waals surface area contributed by atoms with Crippen LogP contribution in [-0.2, 0) is 10.0 Å². The van der Waals surface area contributed by atoms with Crippen molar-refractivity contribution < 1.29 is 8.42 Å². The third-order valence-corrected chi connectivity index (χ3v) is 8.07. The van der Waals surface area contributed by atoms with E-state index in [-0.39, 0.29) is 10.9 Å². The number of sulfonamides is 1. The van der Waals surface area contributed by atoms with Crippen LogP contribution in [0, 0.1) is 0 Å². The molecule has 154 valence electrons. The normalized spacial score (nSPS) is 13.0. The monoisotopic (exact) mass is 479 g/mol.